The summed E-state index contributed by atoms with van der Waals surface area (Å²) in [5.41, 5.74) is 2.65. The molecule has 108 valence electrons. The van der Waals surface area contributed by atoms with E-state index in [1.165, 1.54) is 24.1 Å². The fourth-order valence-corrected chi connectivity index (χ4v) is 2.99. The van der Waals surface area contributed by atoms with Gasteiger partial charge < -0.3 is 5.32 Å². The third kappa shape index (κ3) is 5.06. The molecule has 1 aromatic carbocycles. The van der Waals surface area contributed by atoms with Crippen molar-refractivity contribution in [3.63, 3.8) is 0 Å². The van der Waals surface area contributed by atoms with E-state index < -0.39 is 0 Å². The molecule has 0 bridgehead atoms. The highest BCUT2D eigenvalue weighted by molar-refractivity contribution is 7.09. The van der Waals surface area contributed by atoms with Gasteiger partial charge in [0.05, 0.1) is 10.7 Å². The lowest BCUT2D eigenvalue weighted by atomic mass is 10.0. The molecule has 0 radical (unpaired) electrons. The Morgan fingerprint density at radius 1 is 1.25 bits per heavy atom. The molecule has 0 aliphatic carbocycles. The molecule has 0 amide bonds. The average Bonchev–Trinajstić information content (AvgIpc) is 2.88. The molecule has 1 unspecified atom stereocenters. The second-order valence-electron chi connectivity index (χ2n) is 5.24. The second-order valence-corrected chi connectivity index (χ2v) is 6.30. The molecule has 0 aliphatic heterocycles. The van der Waals surface area contributed by atoms with E-state index in [0.29, 0.717) is 6.04 Å². The Kier molecular flexibility index (Phi) is 6.22. The molecule has 1 atom stereocenters. The average molecular weight is 288 g/mol. The molecule has 1 heterocycles. The SMILES string of the molecule is CCCNC(CCc1ccccc1)Cc1csc(C)n1. The number of thiazole rings is 1. The van der Waals surface area contributed by atoms with Crippen LogP contribution in [0.25, 0.3) is 0 Å². The largest absolute Gasteiger partial charge is 0.314 e. The lowest BCUT2D eigenvalue weighted by molar-refractivity contribution is 0.474. The van der Waals surface area contributed by atoms with Gasteiger partial charge in [0, 0.05) is 17.8 Å². The molecule has 2 rings (SSSR count). The lowest BCUT2D eigenvalue weighted by Gasteiger charge is -2.17. The van der Waals surface area contributed by atoms with E-state index in [9.17, 15) is 0 Å². The zero-order valence-corrected chi connectivity index (χ0v) is 13.2. The molecule has 0 saturated carbocycles. The Hall–Kier alpha value is -1.19. The summed E-state index contributed by atoms with van der Waals surface area (Å²) in [7, 11) is 0. The molecular weight excluding hydrogens is 264 g/mol. The van der Waals surface area contributed by atoms with Gasteiger partial charge in [0.1, 0.15) is 0 Å². The maximum absolute atomic E-state index is 4.59. The van der Waals surface area contributed by atoms with Crippen LogP contribution in [0, 0.1) is 6.92 Å². The summed E-state index contributed by atoms with van der Waals surface area (Å²) in [4.78, 5) is 4.59. The molecule has 0 saturated heterocycles. The van der Waals surface area contributed by atoms with Crippen molar-refractivity contribution < 1.29 is 0 Å². The van der Waals surface area contributed by atoms with Crippen LogP contribution < -0.4 is 5.32 Å². The number of rotatable bonds is 8. The Balaban J connectivity index is 1.89. The van der Waals surface area contributed by atoms with Crippen molar-refractivity contribution >= 4 is 11.3 Å². The van der Waals surface area contributed by atoms with Crippen LogP contribution in [0.4, 0.5) is 0 Å². The standard InChI is InChI=1S/C17H24N2S/c1-3-11-18-16(12-17-13-20-14(2)19-17)10-9-15-7-5-4-6-8-15/h4-8,13,16,18H,3,9-12H2,1-2H3. The van der Waals surface area contributed by atoms with Crippen molar-refractivity contribution in [3.05, 3.63) is 52.0 Å². The van der Waals surface area contributed by atoms with Crippen LogP contribution in [0.2, 0.25) is 0 Å². The summed E-state index contributed by atoms with van der Waals surface area (Å²) in [5.74, 6) is 0. The minimum Gasteiger partial charge on any atom is -0.314 e. The first kappa shape index (κ1) is 15.2. The van der Waals surface area contributed by atoms with Crippen molar-refractivity contribution in [1.29, 1.82) is 0 Å². The van der Waals surface area contributed by atoms with Crippen LogP contribution >= 0.6 is 11.3 Å². The minimum atomic E-state index is 0.525. The van der Waals surface area contributed by atoms with E-state index in [0.717, 1.165) is 24.4 Å². The van der Waals surface area contributed by atoms with Crippen molar-refractivity contribution in [1.82, 2.24) is 10.3 Å². The maximum Gasteiger partial charge on any atom is 0.0897 e. The van der Waals surface area contributed by atoms with Crippen LogP contribution in [-0.4, -0.2) is 17.6 Å². The van der Waals surface area contributed by atoms with Gasteiger partial charge in [-0.05, 0) is 38.3 Å². The summed E-state index contributed by atoms with van der Waals surface area (Å²) >= 11 is 1.75. The van der Waals surface area contributed by atoms with Crippen LogP contribution in [0.3, 0.4) is 0 Å². The number of benzene rings is 1. The van der Waals surface area contributed by atoms with Crippen LogP contribution in [0.15, 0.2) is 35.7 Å². The summed E-state index contributed by atoms with van der Waals surface area (Å²) in [5, 5.41) is 7.02. The summed E-state index contributed by atoms with van der Waals surface area (Å²) < 4.78 is 0. The molecule has 1 aromatic heterocycles. The fourth-order valence-electron chi connectivity index (χ4n) is 2.36. The Labute approximate surface area is 126 Å². The quantitative estimate of drug-likeness (QED) is 0.794. The van der Waals surface area contributed by atoms with Gasteiger partial charge in [-0.25, -0.2) is 4.98 Å². The minimum absolute atomic E-state index is 0.525. The monoisotopic (exact) mass is 288 g/mol. The van der Waals surface area contributed by atoms with E-state index >= 15 is 0 Å². The highest BCUT2D eigenvalue weighted by Crippen LogP contribution is 2.13. The van der Waals surface area contributed by atoms with Crippen LogP contribution in [0.5, 0.6) is 0 Å². The van der Waals surface area contributed by atoms with Crippen LogP contribution in [0.1, 0.15) is 36.0 Å². The first-order valence-electron chi connectivity index (χ1n) is 7.46. The number of aromatic nitrogens is 1. The van der Waals surface area contributed by atoms with Crippen molar-refractivity contribution in [2.24, 2.45) is 0 Å². The van der Waals surface area contributed by atoms with Gasteiger partial charge in [0.2, 0.25) is 0 Å². The smallest absolute Gasteiger partial charge is 0.0897 e. The number of hydrogen-bond acceptors (Lipinski definition) is 3. The van der Waals surface area contributed by atoms with E-state index in [1.807, 2.05) is 0 Å². The zero-order chi connectivity index (χ0) is 14.2. The van der Waals surface area contributed by atoms with Gasteiger partial charge in [-0.1, -0.05) is 37.3 Å². The summed E-state index contributed by atoms with van der Waals surface area (Å²) in [6, 6.07) is 11.3. The van der Waals surface area contributed by atoms with Crippen LogP contribution in [-0.2, 0) is 12.8 Å². The molecule has 2 nitrogen and oxygen atoms in total. The molecule has 0 aliphatic rings. The molecular formula is C17H24N2S. The maximum atomic E-state index is 4.59. The number of hydrogen-bond donors (Lipinski definition) is 1. The molecule has 0 spiro atoms. The predicted octanol–water partition coefficient (Wildman–Crippen LogP) is 4.00. The van der Waals surface area contributed by atoms with E-state index in [-0.39, 0.29) is 0 Å². The Morgan fingerprint density at radius 2 is 2.05 bits per heavy atom. The molecule has 3 heteroatoms. The summed E-state index contributed by atoms with van der Waals surface area (Å²) in [6.45, 7) is 5.38. The third-order valence-electron chi connectivity index (χ3n) is 3.43. The fraction of sp³-hybridized carbons (Fsp3) is 0.471. The molecule has 2 aromatic rings. The van der Waals surface area contributed by atoms with Crippen molar-refractivity contribution in [2.45, 2.75) is 45.6 Å². The van der Waals surface area contributed by atoms with Crippen molar-refractivity contribution in [3.8, 4) is 0 Å². The van der Waals surface area contributed by atoms with Gasteiger partial charge in [0.25, 0.3) is 0 Å². The highest BCUT2D eigenvalue weighted by Gasteiger charge is 2.11. The third-order valence-corrected chi connectivity index (χ3v) is 4.25. The molecule has 20 heavy (non-hydrogen) atoms. The van der Waals surface area contributed by atoms with Gasteiger partial charge in [-0.2, -0.15) is 0 Å². The first-order valence-corrected chi connectivity index (χ1v) is 8.34. The van der Waals surface area contributed by atoms with Gasteiger partial charge in [0.15, 0.2) is 0 Å². The van der Waals surface area contributed by atoms with Gasteiger partial charge >= 0.3 is 0 Å². The first-order chi connectivity index (χ1) is 9.78. The predicted molar refractivity (Wildman–Crippen MR) is 87.4 cm³/mol. The van der Waals surface area contributed by atoms with Gasteiger partial charge in [-0.3, -0.25) is 0 Å². The number of nitrogens with one attached hydrogen (secondary N) is 1. The molecule has 1 N–H and O–H groups in total. The van der Waals surface area contributed by atoms with Crippen molar-refractivity contribution in [2.75, 3.05) is 6.54 Å². The highest BCUT2D eigenvalue weighted by atomic mass is 32.1. The Morgan fingerprint density at radius 3 is 2.70 bits per heavy atom. The molecule has 0 fully saturated rings. The number of nitrogens with zero attached hydrogens (tertiary/aromatic N) is 1. The topological polar surface area (TPSA) is 24.9 Å². The Bertz CT molecular complexity index is 493. The second kappa shape index (κ2) is 8.18. The number of aryl methyl sites for hydroxylation is 2. The van der Waals surface area contributed by atoms with E-state index in [2.05, 4.69) is 59.9 Å². The summed E-state index contributed by atoms with van der Waals surface area (Å²) in [6.07, 6.45) is 4.51. The van der Waals surface area contributed by atoms with E-state index in [1.54, 1.807) is 11.3 Å². The normalized spacial score (nSPS) is 12.5. The van der Waals surface area contributed by atoms with E-state index in [4.69, 9.17) is 0 Å². The zero-order valence-electron chi connectivity index (χ0n) is 12.4. The van der Waals surface area contributed by atoms with Gasteiger partial charge in [-0.15, -0.1) is 11.3 Å². The lowest BCUT2D eigenvalue weighted by Crippen LogP contribution is -2.32.